The van der Waals surface area contributed by atoms with Gasteiger partial charge in [0.2, 0.25) is 0 Å². The zero-order valence-corrected chi connectivity index (χ0v) is 5.42. The molecule has 2 aliphatic rings. The summed E-state index contributed by atoms with van der Waals surface area (Å²) in [5.74, 6) is 0.434. The molecule has 0 aromatic carbocycles. The van der Waals surface area contributed by atoms with Crippen LogP contribution >= 0.6 is 0 Å². The van der Waals surface area contributed by atoms with Crippen LogP contribution in [0.5, 0.6) is 0 Å². The minimum atomic E-state index is -0.00116. The van der Waals surface area contributed by atoms with Gasteiger partial charge in [0, 0.05) is 0 Å². The lowest BCUT2D eigenvalue weighted by Gasteiger charge is -2.07. The van der Waals surface area contributed by atoms with Gasteiger partial charge in [-0.15, -0.1) is 0 Å². The summed E-state index contributed by atoms with van der Waals surface area (Å²) in [5.41, 5.74) is -0.00116. The van der Waals surface area contributed by atoms with Crippen molar-refractivity contribution in [1.29, 1.82) is 0 Å². The Morgan fingerprint density at radius 1 is 1.89 bits per heavy atom. The van der Waals surface area contributed by atoms with Crippen LogP contribution in [-0.4, -0.2) is 16.8 Å². The Kier molecular flexibility index (Phi) is 0.776. The third-order valence-corrected chi connectivity index (χ3v) is 2.15. The second-order valence-corrected chi connectivity index (χ2v) is 2.98. The largest absolute Gasteiger partial charge is 0.510 e. The van der Waals surface area contributed by atoms with Gasteiger partial charge in [0.15, 0.2) is 0 Å². The molecule has 0 radical (unpaired) electrons. The summed E-state index contributed by atoms with van der Waals surface area (Å²) in [4.78, 5) is 0. The van der Waals surface area contributed by atoms with Gasteiger partial charge in [-0.25, -0.2) is 0 Å². The third kappa shape index (κ3) is 0.597. The molecular formula is C7H10O2. The molecule has 0 aromatic heterocycles. The van der Waals surface area contributed by atoms with Crippen LogP contribution in [0.25, 0.3) is 0 Å². The Morgan fingerprint density at radius 3 is 3.22 bits per heavy atom. The van der Waals surface area contributed by atoms with Crippen LogP contribution in [0.4, 0.5) is 0 Å². The summed E-state index contributed by atoms with van der Waals surface area (Å²) in [6, 6.07) is 0. The number of fused-ring (bicyclic) bond motifs is 1. The van der Waals surface area contributed by atoms with Gasteiger partial charge in [0.25, 0.3) is 0 Å². The fourth-order valence-corrected chi connectivity index (χ4v) is 1.41. The molecule has 1 heterocycles. The van der Waals surface area contributed by atoms with E-state index in [-0.39, 0.29) is 11.7 Å². The highest BCUT2D eigenvalue weighted by molar-refractivity contribution is 5.20. The van der Waals surface area contributed by atoms with Crippen molar-refractivity contribution < 1.29 is 9.84 Å². The maximum absolute atomic E-state index is 9.12. The first-order valence-electron chi connectivity index (χ1n) is 3.29. The normalized spacial score (nSPS) is 47.7. The lowest BCUT2D eigenvalue weighted by Crippen LogP contribution is -2.14. The van der Waals surface area contributed by atoms with Crippen LogP contribution in [0.1, 0.15) is 19.8 Å². The molecule has 1 aliphatic heterocycles. The van der Waals surface area contributed by atoms with Crippen LogP contribution in [0.3, 0.4) is 0 Å². The Balaban J connectivity index is 2.23. The molecule has 0 spiro atoms. The lowest BCUT2D eigenvalue weighted by molar-refractivity contribution is 0.292. The molecule has 0 saturated carbocycles. The highest BCUT2D eigenvalue weighted by Gasteiger charge is 2.55. The van der Waals surface area contributed by atoms with Crippen molar-refractivity contribution in [3.63, 3.8) is 0 Å². The molecule has 0 amide bonds. The first-order chi connectivity index (χ1) is 4.22. The molecule has 2 atom stereocenters. The van der Waals surface area contributed by atoms with Gasteiger partial charge in [-0.2, -0.15) is 0 Å². The van der Waals surface area contributed by atoms with Gasteiger partial charge in [0.05, 0.1) is 0 Å². The van der Waals surface area contributed by atoms with Gasteiger partial charge in [-0.3, -0.25) is 0 Å². The monoisotopic (exact) mass is 126 g/mol. The maximum Gasteiger partial charge on any atom is 0.143 e. The number of rotatable bonds is 0. The van der Waals surface area contributed by atoms with Crippen molar-refractivity contribution in [3.8, 4) is 0 Å². The van der Waals surface area contributed by atoms with E-state index in [9.17, 15) is 0 Å². The summed E-state index contributed by atoms with van der Waals surface area (Å²) in [7, 11) is 0. The SMILES string of the molecule is C[C@]12CCC=C(O)[C@H]1O2. The first kappa shape index (κ1) is 5.30. The number of allylic oxidation sites excluding steroid dienone is 1. The molecule has 2 nitrogen and oxygen atoms in total. The fraction of sp³-hybridized carbons (Fsp3) is 0.714. The molecule has 0 bridgehead atoms. The van der Waals surface area contributed by atoms with Crippen LogP contribution in [0.2, 0.25) is 0 Å². The Hall–Kier alpha value is -0.500. The van der Waals surface area contributed by atoms with Crippen molar-refractivity contribution >= 4 is 0 Å². The highest BCUT2D eigenvalue weighted by atomic mass is 16.6. The van der Waals surface area contributed by atoms with Crippen LogP contribution in [-0.2, 0) is 4.74 Å². The maximum atomic E-state index is 9.12. The van der Waals surface area contributed by atoms with Crippen LogP contribution < -0.4 is 0 Å². The van der Waals surface area contributed by atoms with Gasteiger partial charge in [-0.05, 0) is 25.8 Å². The fourth-order valence-electron chi connectivity index (χ4n) is 1.41. The minimum absolute atomic E-state index is 0.00116. The second kappa shape index (κ2) is 1.32. The molecule has 1 fully saturated rings. The van der Waals surface area contributed by atoms with Crippen molar-refractivity contribution in [2.75, 3.05) is 0 Å². The zero-order chi connectivity index (χ0) is 6.48. The first-order valence-corrected chi connectivity index (χ1v) is 3.29. The van der Waals surface area contributed by atoms with E-state index in [0.717, 1.165) is 12.8 Å². The number of ether oxygens (including phenoxy) is 1. The topological polar surface area (TPSA) is 32.8 Å². The van der Waals surface area contributed by atoms with E-state index in [1.54, 1.807) is 0 Å². The molecule has 1 saturated heterocycles. The van der Waals surface area contributed by atoms with E-state index < -0.39 is 0 Å². The van der Waals surface area contributed by atoms with Gasteiger partial charge < -0.3 is 9.84 Å². The van der Waals surface area contributed by atoms with Crippen LogP contribution in [0, 0.1) is 0 Å². The lowest BCUT2D eigenvalue weighted by atomic mass is 9.95. The van der Waals surface area contributed by atoms with Gasteiger partial charge in [-0.1, -0.05) is 0 Å². The van der Waals surface area contributed by atoms with Gasteiger partial charge in [0.1, 0.15) is 17.5 Å². The molecule has 1 aliphatic carbocycles. The average Bonchev–Trinajstić information content (AvgIpc) is 2.43. The highest BCUT2D eigenvalue weighted by Crippen LogP contribution is 2.46. The number of aliphatic hydroxyl groups excluding tert-OH is 1. The minimum Gasteiger partial charge on any atom is -0.510 e. The van der Waals surface area contributed by atoms with E-state index in [0.29, 0.717) is 5.76 Å². The molecular weight excluding hydrogens is 116 g/mol. The van der Waals surface area contributed by atoms with Crippen molar-refractivity contribution in [3.05, 3.63) is 11.8 Å². The van der Waals surface area contributed by atoms with E-state index in [4.69, 9.17) is 9.84 Å². The number of hydrogen-bond donors (Lipinski definition) is 1. The molecule has 50 valence electrons. The molecule has 2 rings (SSSR count). The van der Waals surface area contributed by atoms with Crippen molar-refractivity contribution in [2.45, 2.75) is 31.5 Å². The molecule has 0 unspecified atom stereocenters. The third-order valence-electron chi connectivity index (χ3n) is 2.15. The van der Waals surface area contributed by atoms with E-state index in [1.807, 2.05) is 13.0 Å². The number of aliphatic hydroxyl groups is 1. The molecule has 2 heteroatoms. The predicted molar refractivity (Wildman–Crippen MR) is 33.2 cm³/mol. The summed E-state index contributed by atoms with van der Waals surface area (Å²) >= 11 is 0. The zero-order valence-electron chi connectivity index (χ0n) is 5.42. The molecule has 9 heavy (non-hydrogen) atoms. The summed E-state index contributed by atoms with van der Waals surface area (Å²) < 4.78 is 5.26. The van der Waals surface area contributed by atoms with E-state index >= 15 is 0 Å². The average molecular weight is 126 g/mol. The van der Waals surface area contributed by atoms with Crippen LogP contribution in [0.15, 0.2) is 11.8 Å². The Labute approximate surface area is 54.1 Å². The second-order valence-electron chi connectivity index (χ2n) is 2.98. The quantitative estimate of drug-likeness (QED) is 0.497. The summed E-state index contributed by atoms with van der Waals surface area (Å²) in [5, 5.41) is 9.12. The Morgan fingerprint density at radius 2 is 2.67 bits per heavy atom. The van der Waals surface area contributed by atoms with E-state index in [2.05, 4.69) is 0 Å². The summed E-state index contributed by atoms with van der Waals surface area (Å²) in [6.45, 7) is 2.04. The number of epoxide rings is 1. The number of hydrogen-bond acceptors (Lipinski definition) is 2. The standard InChI is InChI=1S/C7H10O2/c1-7-4-2-3-5(8)6(7)9-7/h3,6,8H,2,4H2,1H3/t6-,7+/m1/s1. The predicted octanol–water partition coefficient (Wildman–Crippen LogP) is 1.38. The van der Waals surface area contributed by atoms with Crippen molar-refractivity contribution in [2.24, 2.45) is 0 Å². The van der Waals surface area contributed by atoms with E-state index in [1.165, 1.54) is 0 Å². The smallest absolute Gasteiger partial charge is 0.143 e. The molecule has 0 aromatic rings. The Bertz CT molecular complexity index is 174. The molecule has 1 N–H and O–H groups in total. The van der Waals surface area contributed by atoms with Crippen molar-refractivity contribution in [1.82, 2.24) is 0 Å². The summed E-state index contributed by atoms with van der Waals surface area (Å²) in [6.07, 6.45) is 3.89. The van der Waals surface area contributed by atoms with Gasteiger partial charge >= 0.3 is 0 Å².